The number of carbonyl (C=O) groups is 1. The van der Waals surface area contributed by atoms with Crippen LogP contribution in [-0.2, 0) is 47.0 Å². The van der Waals surface area contributed by atoms with Crippen molar-refractivity contribution in [2.24, 2.45) is 5.92 Å². The van der Waals surface area contributed by atoms with Crippen molar-refractivity contribution in [2.45, 2.75) is 74.7 Å². The number of hydrogen-bond acceptors (Lipinski definition) is 3. The number of ketones is 1. The molecule has 185 valence electrons. The molecule has 1 aliphatic rings. The van der Waals surface area contributed by atoms with Crippen LogP contribution in [0.25, 0.3) is 0 Å². The summed E-state index contributed by atoms with van der Waals surface area (Å²) in [7, 11) is 0. The minimum atomic E-state index is -0.334. The minimum absolute atomic E-state index is 0. The van der Waals surface area contributed by atoms with E-state index in [1.165, 1.54) is 5.56 Å². The Balaban J connectivity index is -0.000000585. The Morgan fingerprint density at radius 3 is 1.94 bits per heavy atom. The number of hydrogen-bond donors (Lipinski definition) is 0. The first-order chi connectivity index (χ1) is 13.7. The number of benzene rings is 2. The Hall–Kier alpha value is -1.13. The van der Waals surface area contributed by atoms with Crippen molar-refractivity contribution in [2.75, 3.05) is 6.61 Å². The average Bonchev–Trinajstić information content (AvgIpc) is 2.76. The van der Waals surface area contributed by atoms with Crippen LogP contribution in [0.3, 0.4) is 0 Å². The summed E-state index contributed by atoms with van der Waals surface area (Å²) < 4.78 is 12.4. The molecule has 0 N–H and O–H groups in total. The monoisotopic (exact) mass is 532 g/mol. The van der Waals surface area contributed by atoms with E-state index in [0.29, 0.717) is 13.0 Å². The second-order valence-corrected chi connectivity index (χ2v) is 6.75. The van der Waals surface area contributed by atoms with Gasteiger partial charge in [0.25, 0.3) is 0 Å². The van der Waals surface area contributed by atoms with Gasteiger partial charge in [-0.05, 0) is 25.3 Å². The second-order valence-electron chi connectivity index (χ2n) is 6.75. The zero-order valence-corrected chi connectivity index (χ0v) is 21.6. The Morgan fingerprint density at radius 1 is 0.909 bits per heavy atom. The van der Waals surface area contributed by atoms with Crippen molar-refractivity contribution in [3.8, 4) is 0 Å². The average molecular weight is 533 g/mol. The Morgan fingerprint density at radius 2 is 1.42 bits per heavy atom. The third kappa shape index (κ3) is 13.4. The molecule has 0 unspecified atom stereocenters. The van der Waals surface area contributed by atoms with Crippen molar-refractivity contribution in [3.63, 3.8) is 0 Å². The van der Waals surface area contributed by atoms with Crippen LogP contribution in [0.4, 0.5) is 0 Å². The predicted molar refractivity (Wildman–Crippen MR) is 141 cm³/mol. The van der Waals surface area contributed by atoms with Crippen molar-refractivity contribution < 1.29 is 47.0 Å². The van der Waals surface area contributed by atoms with Crippen LogP contribution < -0.4 is 0 Å². The van der Waals surface area contributed by atoms with E-state index >= 15 is 0 Å². The summed E-state index contributed by atoms with van der Waals surface area (Å²) in [6, 6.07) is 20.4. The maximum Gasteiger partial charge on any atom is 0.184 e. The molecule has 1 radical (unpaired) electrons. The molecule has 2 aromatic rings. The molecule has 3 nitrogen and oxygen atoms in total. The molecule has 0 bridgehead atoms. The largest absolute Gasteiger partial charge is 0.358 e. The maximum absolute atomic E-state index is 11.0. The van der Waals surface area contributed by atoms with Crippen LogP contribution in [0, 0.1) is 13.3 Å². The van der Waals surface area contributed by atoms with Crippen LogP contribution in [0.15, 0.2) is 72.8 Å². The summed E-state index contributed by atoms with van der Waals surface area (Å²) in [6.45, 7) is 6.28. The van der Waals surface area contributed by atoms with Gasteiger partial charge in [-0.2, -0.15) is 0 Å². The first-order valence-electron chi connectivity index (χ1n) is 10.3. The molecular formula is C29H47O3Y-. The molecular weight excluding hydrogens is 485 g/mol. The van der Waals surface area contributed by atoms with Gasteiger partial charge < -0.3 is 21.7 Å². The van der Waals surface area contributed by atoms with Gasteiger partial charge in [-0.25, -0.2) is 0 Å². The van der Waals surface area contributed by atoms with E-state index in [1.54, 1.807) is 6.92 Å². The Bertz CT molecular complexity index is 716. The van der Waals surface area contributed by atoms with E-state index < -0.39 is 0 Å². The molecule has 33 heavy (non-hydrogen) atoms. The van der Waals surface area contributed by atoms with Crippen LogP contribution in [-0.4, -0.2) is 12.4 Å². The van der Waals surface area contributed by atoms with Crippen molar-refractivity contribution in [1.29, 1.82) is 0 Å². The van der Waals surface area contributed by atoms with Gasteiger partial charge in [0.2, 0.25) is 0 Å². The first-order valence-corrected chi connectivity index (χ1v) is 10.3. The molecule has 0 saturated carbocycles. The molecule has 0 spiro atoms. The molecule has 0 aliphatic carbocycles. The SMILES string of the molecule is C.C.C.CC.CC(=O)CC/C=C\C[C@@H]1CO[C@H](c2ccccc2)O[C@@H]1c1ccccc1.[CH3-].[Y]. The van der Waals surface area contributed by atoms with Crippen molar-refractivity contribution in [3.05, 3.63) is 91.4 Å². The van der Waals surface area contributed by atoms with Gasteiger partial charge in [-0.3, -0.25) is 0 Å². The number of carbonyl (C=O) groups excluding carboxylic acids is 1. The molecule has 4 heteroatoms. The smallest absolute Gasteiger partial charge is 0.184 e. The first kappa shape index (κ1) is 39.1. The van der Waals surface area contributed by atoms with E-state index in [-0.39, 0.29) is 86.5 Å². The molecule has 2 aromatic carbocycles. The Labute approximate surface area is 230 Å². The summed E-state index contributed by atoms with van der Waals surface area (Å²) >= 11 is 0. The van der Waals surface area contributed by atoms with Crippen LogP contribution in [0.2, 0.25) is 0 Å². The normalized spacial score (nSPS) is 18.5. The molecule has 1 saturated heterocycles. The van der Waals surface area contributed by atoms with Crippen molar-refractivity contribution >= 4 is 5.78 Å². The summed E-state index contributed by atoms with van der Waals surface area (Å²) in [5, 5.41) is 0. The minimum Gasteiger partial charge on any atom is -0.358 e. The van der Waals surface area contributed by atoms with Gasteiger partial charge in [0.05, 0.1) is 12.7 Å². The molecule has 0 amide bonds. The quantitative estimate of drug-likeness (QED) is 0.264. The summed E-state index contributed by atoms with van der Waals surface area (Å²) in [6.07, 6.45) is 6.18. The standard InChI is InChI=1S/C23H26O3.C2H6.3CH4.CH3.Y/c1-18(24)11-5-2-10-16-21-17-25-23(20-14-8-4-9-15-20)26-22(21)19-12-6-3-7-13-19;1-2;;;;;/h2-4,6-10,12-15,21-23H,5,11,16-17H2,1H3;1-2H3;3*1H4;1H3;/q;;;;;-1;/b10-2-;;;;;;/t21-,22-,23+;;;;;;/m1....../s1. The van der Waals surface area contributed by atoms with Crippen molar-refractivity contribution in [1.82, 2.24) is 0 Å². The van der Waals surface area contributed by atoms with Crippen LogP contribution in [0.5, 0.6) is 0 Å². The maximum atomic E-state index is 11.0. The van der Waals surface area contributed by atoms with Crippen LogP contribution in [0.1, 0.15) is 85.8 Å². The predicted octanol–water partition coefficient (Wildman–Crippen LogP) is 8.79. The third-order valence-corrected chi connectivity index (χ3v) is 4.63. The van der Waals surface area contributed by atoms with Gasteiger partial charge >= 0.3 is 0 Å². The summed E-state index contributed by atoms with van der Waals surface area (Å²) in [5.41, 5.74) is 2.22. The molecule has 3 rings (SSSR count). The fourth-order valence-electron chi connectivity index (χ4n) is 3.23. The van der Waals surface area contributed by atoms with E-state index in [2.05, 4.69) is 24.3 Å². The Kier molecular flexibility index (Phi) is 26.8. The summed E-state index contributed by atoms with van der Waals surface area (Å²) in [5.74, 6) is 0.484. The summed E-state index contributed by atoms with van der Waals surface area (Å²) in [4.78, 5) is 11.0. The van der Waals surface area contributed by atoms with Crippen LogP contribution >= 0.6 is 0 Å². The molecule has 0 aromatic heterocycles. The fourth-order valence-corrected chi connectivity index (χ4v) is 3.23. The number of Topliss-reactive ketones (excluding diaryl/α,β-unsaturated/α-hetero) is 1. The second kappa shape index (κ2) is 22.7. The number of ether oxygens (including phenoxy) is 2. The zero-order chi connectivity index (χ0) is 20.2. The van der Waals surface area contributed by atoms with E-state index in [4.69, 9.17) is 9.47 Å². The topological polar surface area (TPSA) is 35.5 Å². The number of allylic oxidation sites excluding steroid dienone is 2. The molecule has 1 heterocycles. The third-order valence-electron chi connectivity index (χ3n) is 4.63. The van der Waals surface area contributed by atoms with Gasteiger partial charge in [0.15, 0.2) is 6.29 Å². The van der Waals surface area contributed by atoms with E-state index in [1.807, 2.05) is 62.4 Å². The van der Waals surface area contributed by atoms with E-state index in [0.717, 1.165) is 18.4 Å². The molecule has 3 atom stereocenters. The van der Waals surface area contributed by atoms with Gasteiger partial charge in [-0.1, -0.05) is 109 Å². The zero-order valence-electron chi connectivity index (χ0n) is 18.8. The molecule has 1 fully saturated rings. The van der Waals surface area contributed by atoms with Gasteiger partial charge in [0, 0.05) is 50.6 Å². The van der Waals surface area contributed by atoms with E-state index in [9.17, 15) is 4.79 Å². The number of rotatable bonds is 7. The molecule has 1 aliphatic heterocycles. The van der Waals surface area contributed by atoms with Gasteiger partial charge in [0.1, 0.15) is 5.78 Å². The van der Waals surface area contributed by atoms with Gasteiger partial charge in [-0.15, -0.1) is 0 Å². The fraction of sp³-hybridized carbons (Fsp3) is 0.448.